The topological polar surface area (TPSA) is 29.3 Å². The molecule has 0 saturated heterocycles. The monoisotopic (exact) mass is 234 g/mol. The van der Waals surface area contributed by atoms with Crippen LogP contribution in [-0.2, 0) is 6.54 Å². The largest absolute Gasteiger partial charge is 0.327 e. The van der Waals surface area contributed by atoms with Gasteiger partial charge < -0.3 is 10.6 Å². The molecular formula is C15H26N2. The van der Waals surface area contributed by atoms with E-state index < -0.39 is 0 Å². The van der Waals surface area contributed by atoms with Gasteiger partial charge in [-0.15, -0.1) is 0 Å². The van der Waals surface area contributed by atoms with Crippen LogP contribution >= 0.6 is 0 Å². The van der Waals surface area contributed by atoms with Crippen LogP contribution in [0.25, 0.3) is 0 Å². The Bertz CT molecular complexity index is 333. The van der Waals surface area contributed by atoms with Gasteiger partial charge in [-0.05, 0) is 31.9 Å². The maximum atomic E-state index is 6.12. The summed E-state index contributed by atoms with van der Waals surface area (Å²) in [6, 6.07) is 8.95. The number of benzene rings is 1. The number of nitrogens with two attached hydrogens (primary N) is 1. The van der Waals surface area contributed by atoms with Crippen molar-refractivity contribution in [3.05, 3.63) is 35.4 Å². The molecule has 0 aromatic heterocycles. The Kier molecular flexibility index (Phi) is 5.66. The van der Waals surface area contributed by atoms with E-state index in [9.17, 15) is 0 Å². The van der Waals surface area contributed by atoms with Crippen LogP contribution in [0.15, 0.2) is 24.3 Å². The lowest BCUT2D eigenvalue weighted by Crippen LogP contribution is -2.35. The maximum Gasteiger partial charge on any atom is 0.0231 e. The van der Waals surface area contributed by atoms with Crippen LogP contribution in [0.1, 0.15) is 31.4 Å². The number of hydrogen-bond acceptors (Lipinski definition) is 2. The van der Waals surface area contributed by atoms with E-state index in [0.29, 0.717) is 5.92 Å². The van der Waals surface area contributed by atoms with Gasteiger partial charge in [0.2, 0.25) is 0 Å². The standard InChI is InChI=1S/C15H26N2/c1-12(2)8-15(16)11-17(4)10-14-7-5-6-13(3)9-14/h5-7,9,12,15H,8,10-11,16H2,1-4H3. The van der Waals surface area contributed by atoms with Crippen LogP contribution in [0.5, 0.6) is 0 Å². The molecule has 2 heteroatoms. The molecule has 2 nitrogen and oxygen atoms in total. The summed E-state index contributed by atoms with van der Waals surface area (Å²) in [5.74, 6) is 0.678. The summed E-state index contributed by atoms with van der Waals surface area (Å²) in [4.78, 5) is 2.31. The minimum atomic E-state index is 0.282. The summed E-state index contributed by atoms with van der Waals surface area (Å²) < 4.78 is 0. The fraction of sp³-hybridized carbons (Fsp3) is 0.600. The average Bonchev–Trinajstić information content (AvgIpc) is 2.14. The molecule has 0 radical (unpaired) electrons. The fourth-order valence-electron chi connectivity index (χ4n) is 2.27. The highest BCUT2D eigenvalue weighted by molar-refractivity contribution is 5.21. The highest BCUT2D eigenvalue weighted by Crippen LogP contribution is 2.08. The van der Waals surface area contributed by atoms with Crippen LogP contribution in [-0.4, -0.2) is 24.5 Å². The SMILES string of the molecule is Cc1cccc(CN(C)CC(N)CC(C)C)c1. The molecule has 0 spiro atoms. The molecule has 1 unspecified atom stereocenters. The van der Waals surface area contributed by atoms with E-state index in [4.69, 9.17) is 5.73 Å². The predicted molar refractivity (Wildman–Crippen MR) is 74.9 cm³/mol. The second-order valence-corrected chi connectivity index (χ2v) is 5.58. The molecule has 0 heterocycles. The second-order valence-electron chi connectivity index (χ2n) is 5.58. The third kappa shape index (κ3) is 5.85. The van der Waals surface area contributed by atoms with Gasteiger partial charge in [0.15, 0.2) is 0 Å². The summed E-state index contributed by atoms with van der Waals surface area (Å²) in [6.45, 7) is 8.52. The fourth-order valence-corrected chi connectivity index (χ4v) is 2.27. The molecular weight excluding hydrogens is 208 g/mol. The third-order valence-corrected chi connectivity index (χ3v) is 2.86. The van der Waals surface area contributed by atoms with Gasteiger partial charge in [-0.25, -0.2) is 0 Å². The van der Waals surface area contributed by atoms with Gasteiger partial charge in [0.25, 0.3) is 0 Å². The van der Waals surface area contributed by atoms with E-state index >= 15 is 0 Å². The Morgan fingerprint density at radius 2 is 2.00 bits per heavy atom. The molecule has 1 aromatic rings. The lowest BCUT2D eigenvalue weighted by molar-refractivity contribution is 0.287. The first-order chi connectivity index (χ1) is 7.97. The second kappa shape index (κ2) is 6.77. The van der Waals surface area contributed by atoms with Crippen molar-refractivity contribution in [2.45, 2.75) is 39.8 Å². The zero-order chi connectivity index (χ0) is 12.8. The number of aryl methyl sites for hydroxylation is 1. The first kappa shape index (κ1) is 14.2. The van der Waals surface area contributed by atoms with Crippen LogP contribution in [0.2, 0.25) is 0 Å². The molecule has 0 aliphatic heterocycles. The summed E-state index contributed by atoms with van der Waals surface area (Å²) in [5, 5.41) is 0. The Balaban J connectivity index is 2.41. The minimum absolute atomic E-state index is 0.282. The van der Waals surface area contributed by atoms with Gasteiger partial charge in [-0.2, -0.15) is 0 Å². The van der Waals surface area contributed by atoms with Gasteiger partial charge in [0.05, 0.1) is 0 Å². The minimum Gasteiger partial charge on any atom is -0.327 e. The molecule has 1 atom stereocenters. The molecule has 0 saturated carbocycles. The molecule has 0 aliphatic rings. The van der Waals surface area contributed by atoms with E-state index in [1.54, 1.807) is 0 Å². The zero-order valence-electron chi connectivity index (χ0n) is 11.6. The molecule has 0 amide bonds. The van der Waals surface area contributed by atoms with Gasteiger partial charge in [0, 0.05) is 19.1 Å². The van der Waals surface area contributed by atoms with Crippen LogP contribution in [0, 0.1) is 12.8 Å². The van der Waals surface area contributed by atoms with Crippen LogP contribution in [0.4, 0.5) is 0 Å². The van der Waals surface area contributed by atoms with E-state index in [1.165, 1.54) is 11.1 Å². The Labute approximate surface area is 106 Å². The number of rotatable bonds is 6. The third-order valence-electron chi connectivity index (χ3n) is 2.86. The molecule has 0 fully saturated rings. The quantitative estimate of drug-likeness (QED) is 0.820. The molecule has 96 valence electrons. The Hall–Kier alpha value is -0.860. The molecule has 2 N–H and O–H groups in total. The van der Waals surface area contributed by atoms with E-state index in [2.05, 4.69) is 57.0 Å². The lowest BCUT2D eigenvalue weighted by Gasteiger charge is -2.22. The highest BCUT2D eigenvalue weighted by Gasteiger charge is 2.09. The van der Waals surface area contributed by atoms with Crippen molar-refractivity contribution in [1.82, 2.24) is 4.90 Å². The predicted octanol–water partition coefficient (Wildman–Crippen LogP) is 2.80. The van der Waals surface area contributed by atoms with E-state index in [1.807, 2.05) is 0 Å². The van der Waals surface area contributed by atoms with Gasteiger partial charge in [-0.1, -0.05) is 43.7 Å². The lowest BCUT2D eigenvalue weighted by atomic mass is 10.0. The van der Waals surface area contributed by atoms with Crippen LogP contribution in [0.3, 0.4) is 0 Å². The molecule has 17 heavy (non-hydrogen) atoms. The first-order valence-corrected chi connectivity index (χ1v) is 6.47. The number of likely N-dealkylation sites (N-methyl/N-ethyl adjacent to an activating group) is 1. The first-order valence-electron chi connectivity index (χ1n) is 6.47. The van der Waals surface area contributed by atoms with E-state index in [-0.39, 0.29) is 6.04 Å². The maximum absolute atomic E-state index is 6.12. The summed E-state index contributed by atoms with van der Waals surface area (Å²) in [5.41, 5.74) is 8.80. The Morgan fingerprint density at radius 3 is 2.59 bits per heavy atom. The van der Waals surface area contributed by atoms with Crippen LogP contribution < -0.4 is 5.73 Å². The molecule has 0 bridgehead atoms. The van der Waals surface area contributed by atoms with Crippen molar-refractivity contribution in [2.24, 2.45) is 11.7 Å². The Morgan fingerprint density at radius 1 is 1.29 bits per heavy atom. The number of hydrogen-bond donors (Lipinski definition) is 1. The number of nitrogens with zero attached hydrogens (tertiary/aromatic N) is 1. The summed E-state index contributed by atoms with van der Waals surface area (Å²) >= 11 is 0. The highest BCUT2D eigenvalue weighted by atomic mass is 15.1. The van der Waals surface area contributed by atoms with E-state index in [0.717, 1.165) is 19.5 Å². The van der Waals surface area contributed by atoms with Crippen molar-refractivity contribution in [3.63, 3.8) is 0 Å². The molecule has 1 rings (SSSR count). The van der Waals surface area contributed by atoms with Crippen molar-refractivity contribution >= 4 is 0 Å². The summed E-state index contributed by atoms with van der Waals surface area (Å²) in [6.07, 6.45) is 1.10. The van der Waals surface area contributed by atoms with Gasteiger partial charge in [0.1, 0.15) is 0 Å². The van der Waals surface area contributed by atoms with Crippen molar-refractivity contribution in [3.8, 4) is 0 Å². The van der Waals surface area contributed by atoms with Gasteiger partial charge >= 0.3 is 0 Å². The molecule has 1 aromatic carbocycles. The van der Waals surface area contributed by atoms with Crippen molar-refractivity contribution in [1.29, 1.82) is 0 Å². The normalized spacial score (nSPS) is 13.4. The smallest absolute Gasteiger partial charge is 0.0231 e. The van der Waals surface area contributed by atoms with Crippen molar-refractivity contribution < 1.29 is 0 Å². The molecule has 0 aliphatic carbocycles. The zero-order valence-corrected chi connectivity index (χ0v) is 11.6. The van der Waals surface area contributed by atoms with Gasteiger partial charge in [-0.3, -0.25) is 0 Å². The van der Waals surface area contributed by atoms with Crippen molar-refractivity contribution in [2.75, 3.05) is 13.6 Å². The average molecular weight is 234 g/mol. The summed E-state index contributed by atoms with van der Waals surface area (Å²) in [7, 11) is 2.14.